The van der Waals surface area contributed by atoms with Crippen molar-refractivity contribution in [3.63, 3.8) is 0 Å². The first-order valence-electron chi connectivity index (χ1n) is 6.20. The zero-order chi connectivity index (χ0) is 12.2. The Morgan fingerprint density at radius 1 is 1.50 bits per heavy atom. The maximum absolute atomic E-state index is 13.9. The summed E-state index contributed by atoms with van der Waals surface area (Å²) in [4.78, 5) is 0. The van der Waals surface area contributed by atoms with Gasteiger partial charge in [-0.3, -0.25) is 0 Å². The van der Waals surface area contributed by atoms with Crippen molar-refractivity contribution in [1.82, 2.24) is 0 Å². The normalized spacial score (nSPS) is 27.9. The van der Waals surface area contributed by atoms with Crippen LogP contribution in [0.4, 0.5) is 4.39 Å². The van der Waals surface area contributed by atoms with Gasteiger partial charge in [0.25, 0.3) is 0 Å². The molecule has 0 bridgehead atoms. The minimum absolute atomic E-state index is 0.611. The molecule has 1 heteroatoms. The highest BCUT2D eigenvalue weighted by Crippen LogP contribution is 2.39. The molecule has 1 atom stereocenters. The fourth-order valence-corrected chi connectivity index (χ4v) is 2.36. The Labute approximate surface area is 98.9 Å². The fourth-order valence-electron chi connectivity index (χ4n) is 2.36. The first kappa shape index (κ1) is 13.2. The molecule has 0 nitrogen and oxygen atoms in total. The summed E-state index contributed by atoms with van der Waals surface area (Å²) >= 11 is 0. The van der Waals surface area contributed by atoms with E-state index in [4.69, 9.17) is 0 Å². The Kier molecular flexibility index (Phi) is 4.52. The maximum Gasteiger partial charge on any atom is 0.112 e. The summed E-state index contributed by atoms with van der Waals surface area (Å²) in [6, 6.07) is 0. The Bertz CT molecular complexity index is 329. The van der Waals surface area contributed by atoms with Crippen molar-refractivity contribution in [2.75, 3.05) is 0 Å². The van der Waals surface area contributed by atoms with Gasteiger partial charge in [0.05, 0.1) is 0 Å². The van der Waals surface area contributed by atoms with E-state index in [-0.39, 0.29) is 0 Å². The standard InChI is InChI=1S/C15H23F/c1-5-7-8-12(3)14-9-10-15(4,16)11-13(14)6-2/h5,7-8H,6,9-11H2,1-4H3/b7-5-,12-8+. The average Bonchev–Trinajstić information content (AvgIpc) is 2.24. The van der Waals surface area contributed by atoms with Crippen LogP contribution in [0.5, 0.6) is 0 Å². The minimum atomic E-state index is -0.990. The Morgan fingerprint density at radius 2 is 2.19 bits per heavy atom. The third-order valence-corrected chi connectivity index (χ3v) is 3.35. The van der Waals surface area contributed by atoms with Gasteiger partial charge in [0, 0.05) is 6.42 Å². The van der Waals surface area contributed by atoms with E-state index in [1.807, 2.05) is 13.0 Å². The highest BCUT2D eigenvalue weighted by molar-refractivity contribution is 5.38. The van der Waals surface area contributed by atoms with Crippen molar-refractivity contribution < 1.29 is 4.39 Å². The van der Waals surface area contributed by atoms with E-state index in [1.165, 1.54) is 16.7 Å². The molecule has 0 aromatic heterocycles. The Balaban J connectivity index is 2.97. The average molecular weight is 222 g/mol. The topological polar surface area (TPSA) is 0 Å². The van der Waals surface area contributed by atoms with Gasteiger partial charge in [0.15, 0.2) is 0 Å². The molecule has 0 fully saturated rings. The molecule has 0 spiro atoms. The fraction of sp³-hybridized carbons (Fsp3) is 0.600. The van der Waals surface area contributed by atoms with E-state index in [0.29, 0.717) is 12.8 Å². The summed E-state index contributed by atoms with van der Waals surface area (Å²) in [5.41, 5.74) is 2.99. The van der Waals surface area contributed by atoms with Crippen LogP contribution in [0.3, 0.4) is 0 Å². The Hall–Kier alpha value is -0.850. The Morgan fingerprint density at radius 3 is 2.75 bits per heavy atom. The van der Waals surface area contributed by atoms with E-state index in [9.17, 15) is 4.39 Å². The van der Waals surface area contributed by atoms with Crippen LogP contribution in [-0.2, 0) is 0 Å². The predicted octanol–water partition coefficient (Wildman–Crippen LogP) is 5.13. The van der Waals surface area contributed by atoms with E-state index >= 15 is 0 Å². The highest BCUT2D eigenvalue weighted by atomic mass is 19.1. The van der Waals surface area contributed by atoms with Gasteiger partial charge >= 0.3 is 0 Å². The molecular weight excluding hydrogens is 199 g/mol. The zero-order valence-corrected chi connectivity index (χ0v) is 10.9. The smallest absolute Gasteiger partial charge is 0.112 e. The molecule has 16 heavy (non-hydrogen) atoms. The monoisotopic (exact) mass is 222 g/mol. The molecule has 1 aliphatic carbocycles. The van der Waals surface area contributed by atoms with Crippen LogP contribution in [0, 0.1) is 0 Å². The quantitative estimate of drug-likeness (QED) is 0.581. The van der Waals surface area contributed by atoms with E-state index in [2.05, 4.69) is 26.0 Å². The predicted molar refractivity (Wildman–Crippen MR) is 69.3 cm³/mol. The number of halogens is 1. The summed E-state index contributed by atoms with van der Waals surface area (Å²) in [6.07, 6.45) is 9.33. The number of hydrogen-bond donors (Lipinski definition) is 0. The molecule has 0 N–H and O–H groups in total. The molecule has 0 aromatic rings. The first-order valence-corrected chi connectivity index (χ1v) is 6.20. The van der Waals surface area contributed by atoms with Crippen LogP contribution >= 0.6 is 0 Å². The highest BCUT2D eigenvalue weighted by Gasteiger charge is 2.30. The van der Waals surface area contributed by atoms with Crippen molar-refractivity contribution in [2.24, 2.45) is 0 Å². The molecule has 1 rings (SSSR count). The zero-order valence-electron chi connectivity index (χ0n) is 10.9. The lowest BCUT2D eigenvalue weighted by Gasteiger charge is -2.30. The number of alkyl halides is 1. The third kappa shape index (κ3) is 3.33. The summed E-state index contributed by atoms with van der Waals surface area (Å²) in [5, 5.41) is 0. The third-order valence-electron chi connectivity index (χ3n) is 3.35. The number of allylic oxidation sites excluding steroid dienone is 6. The van der Waals surface area contributed by atoms with Gasteiger partial charge < -0.3 is 0 Å². The van der Waals surface area contributed by atoms with E-state index < -0.39 is 5.67 Å². The lowest BCUT2D eigenvalue weighted by Crippen LogP contribution is -2.23. The van der Waals surface area contributed by atoms with Gasteiger partial charge in [0.1, 0.15) is 5.67 Å². The van der Waals surface area contributed by atoms with Crippen LogP contribution in [0.1, 0.15) is 53.4 Å². The summed E-state index contributed by atoms with van der Waals surface area (Å²) < 4.78 is 13.9. The van der Waals surface area contributed by atoms with Crippen LogP contribution in [0.25, 0.3) is 0 Å². The van der Waals surface area contributed by atoms with Crippen molar-refractivity contribution >= 4 is 0 Å². The summed E-state index contributed by atoms with van der Waals surface area (Å²) in [6.45, 7) is 7.99. The second kappa shape index (κ2) is 5.47. The molecule has 0 aromatic carbocycles. The molecule has 0 heterocycles. The molecule has 1 aliphatic rings. The van der Waals surface area contributed by atoms with Crippen molar-refractivity contribution in [3.05, 3.63) is 34.9 Å². The van der Waals surface area contributed by atoms with Crippen molar-refractivity contribution in [2.45, 2.75) is 59.0 Å². The van der Waals surface area contributed by atoms with Gasteiger partial charge in [-0.25, -0.2) is 4.39 Å². The second-order valence-electron chi connectivity index (χ2n) is 4.90. The van der Waals surface area contributed by atoms with Crippen LogP contribution in [-0.4, -0.2) is 5.67 Å². The first-order chi connectivity index (χ1) is 7.50. The molecule has 0 aliphatic heterocycles. The SMILES string of the molecule is C/C=C\C=C(/C)C1=C(CC)CC(C)(F)CC1. The van der Waals surface area contributed by atoms with Gasteiger partial charge in [-0.05, 0) is 51.2 Å². The van der Waals surface area contributed by atoms with Gasteiger partial charge in [-0.2, -0.15) is 0 Å². The summed E-state index contributed by atoms with van der Waals surface area (Å²) in [5.74, 6) is 0. The van der Waals surface area contributed by atoms with E-state index in [0.717, 1.165) is 12.8 Å². The molecule has 0 amide bonds. The number of hydrogen-bond acceptors (Lipinski definition) is 0. The van der Waals surface area contributed by atoms with Gasteiger partial charge in [0.2, 0.25) is 0 Å². The number of rotatable bonds is 3. The van der Waals surface area contributed by atoms with Gasteiger partial charge in [-0.1, -0.05) is 30.7 Å². The minimum Gasteiger partial charge on any atom is -0.244 e. The van der Waals surface area contributed by atoms with Crippen LogP contribution < -0.4 is 0 Å². The molecule has 0 radical (unpaired) electrons. The summed E-state index contributed by atoms with van der Waals surface area (Å²) in [7, 11) is 0. The lowest BCUT2D eigenvalue weighted by molar-refractivity contribution is 0.165. The second-order valence-corrected chi connectivity index (χ2v) is 4.90. The van der Waals surface area contributed by atoms with Crippen LogP contribution in [0.15, 0.2) is 34.9 Å². The van der Waals surface area contributed by atoms with E-state index in [1.54, 1.807) is 6.92 Å². The molecule has 0 saturated carbocycles. The molecule has 0 saturated heterocycles. The molecule has 1 unspecified atom stereocenters. The largest absolute Gasteiger partial charge is 0.244 e. The van der Waals surface area contributed by atoms with Crippen molar-refractivity contribution in [3.8, 4) is 0 Å². The lowest BCUT2D eigenvalue weighted by atomic mass is 9.79. The molecule has 90 valence electrons. The maximum atomic E-state index is 13.9. The van der Waals surface area contributed by atoms with Crippen molar-refractivity contribution in [1.29, 1.82) is 0 Å². The van der Waals surface area contributed by atoms with Gasteiger partial charge in [-0.15, -0.1) is 0 Å². The molecular formula is C15H23F. The van der Waals surface area contributed by atoms with Crippen LogP contribution in [0.2, 0.25) is 0 Å².